The first kappa shape index (κ1) is 18.2. The van der Waals surface area contributed by atoms with E-state index in [1.165, 1.54) is 0 Å². The summed E-state index contributed by atoms with van der Waals surface area (Å²) < 4.78 is 32.3. The fourth-order valence-corrected chi connectivity index (χ4v) is 3.36. The van der Waals surface area contributed by atoms with Crippen LogP contribution in [0.1, 0.15) is 27.5 Å². The Morgan fingerprint density at radius 3 is 2.62 bits per heavy atom. The van der Waals surface area contributed by atoms with E-state index < -0.39 is 5.76 Å². The van der Waals surface area contributed by atoms with Gasteiger partial charge in [0, 0.05) is 22.3 Å². The average molecular weight is 377 g/mol. The van der Waals surface area contributed by atoms with E-state index in [1.54, 1.807) is 50.2 Å². The molecule has 8 heteroatoms. The standard InChI is InChI=1S/C18H17F2N3O2S/c1-10-8-13(12(3)23(10)16-9-11(2)25-22-16)17(24)21-14-6-4-5-7-15(14)26-18(19)20/h4-9,18H,1-3H3,(H,21,24). The smallest absolute Gasteiger partial charge is 0.288 e. The molecule has 0 spiro atoms. The minimum atomic E-state index is -2.56. The van der Waals surface area contributed by atoms with Gasteiger partial charge in [0.2, 0.25) is 0 Å². The molecule has 0 saturated carbocycles. The van der Waals surface area contributed by atoms with Gasteiger partial charge in [-0.25, -0.2) is 0 Å². The van der Waals surface area contributed by atoms with E-state index in [4.69, 9.17) is 4.52 Å². The molecule has 0 saturated heterocycles. The van der Waals surface area contributed by atoms with Crippen molar-refractivity contribution in [1.29, 1.82) is 0 Å². The molecule has 0 atom stereocenters. The maximum atomic E-state index is 12.7. The molecule has 3 rings (SSSR count). The Balaban J connectivity index is 1.90. The van der Waals surface area contributed by atoms with Gasteiger partial charge in [0.1, 0.15) is 5.76 Å². The number of hydrogen-bond donors (Lipinski definition) is 1. The van der Waals surface area contributed by atoms with Crippen LogP contribution < -0.4 is 5.32 Å². The molecule has 26 heavy (non-hydrogen) atoms. The molecule has 3 aromatic rings. The number of anilines is 1. The Morgan fingerprint density at radius 2 is 1.96 bits per heavy atom. The summed E-state index contributed by atoms with van der Waals surface area (Å²) >= 11 is 0.399. The molecule has 0 bridgehead atoms. The van der Waals surface area contributed by atoms with Crippen LogP contribution in [0.3, 0.4) is 0 Å². The van der Waals surface area contributed by atoms with Crippen molar-refractivity contribution in [2.45, 2.75) is 31.4 Å². The first-order valence-corrected chi connectivity index (χ1v) is 8.72. The third-order valence-corrected chi connectivity index (χ3v) is 4.66. The lowest BCUT2D eigenvalue weighted by molar-refractivity contribution is 0.102. The molecule has 136 valence electrons. The van der Waals surface area contributed by atoms with E-state index in [0.29, 0.717) is 45.2 Å². The summed E-state index contributed by atoms with van der Waals surface area (Å²) in [5, 5.41) is 6.70. The zero-order valence-corrected chi connectivity index (χ0v) is 15.2. The Morgan fingerprint density at radius 1 is 1.23 bits per heavy atom. The third kappa shape index (κ3) is 3.65. The van der Waals surface area contributed by atoms with E-state index in [2.05, 4.69) is 10.5 Å². The lowest BCUT2D eigenvalue weighted by Gasteiger charge is -2.10. The number of rotatable bonds is 5. The zero-order valence-electron chi connectivity index (χ0n) is 14.4. The number of nitrogens with one attached hydrogen (secondary N) is 1. The lowest BCUT2D eigenvalue weighted by Crippen LogP contribution is -2.14. The topological polar surface area (TPSA) is 60.1 Å². The minimum absolute atomic E-state index is 0.316. The van der Waals surface area contributed by atoms with Crippen LogP contribution in [0, 0.1) is 20.8 Å². The van der Waals surface area contributed by atoms with Gasteiger partial charge in [-0.1, -0.05) is 29.1 Å². The second kappa shape index (κ2) is 7.33. The van der Waals surface area contributed by atoms with Crippen LogP contribution >= 0.6 is 11.8 Å². The number of amides is 1. The SMILES string of the molecule is Cc1cc(-n2c(C)cc(C(=O)Nc3ccccc3SC(F)F)c2C)no1. The first-order valence-electron chi connectivity index (χ1n) is 7.84. The fourth-order valence-electron chi connectivity index (χ4n) is 2.76. The van der Waals surface area contributed by atoms with Gasteiger partial charge < -0.3 is 9.84 Å². The molecular weight excluding hydrogens is 360 g/mol. The van der Waals surface area contributed by atoms with Gasteiger partial charge in [0.05, 0.1) is 11.3 Å². The summed E-state index contributed by atoms with van der Waals surface area (Å²) in [6.07, 6.45) is 0. The quantitative estimate of drug-likeness (QED) is 0.639. The predicted molar refractivity (Wildman–Crippen MR) is 96.3 cm³/mol. The third-order valence-electron chi connectivity index (χ3n) is 3.87. The normalized spacial score (nSPS) is 11.2. The van der Waals surface area contributed by atoms with Gasteiger partial charge in [-0.15, -0.1) is 0 Å². The highest BCUT2D eigenvalue weighted by Crippen LogP contribution is 2.32. The number of para-hydroxylation sites is 1. The minimum Gasteiger partial charge on any atom is -0.360 e. The number of thioether (sulfide) groups is 1. The molecule has 0 fully saturated rings. The molecule has 1 N–H and O–H groups in total. The van der Waals surface area contributed by atoms with Gasteiger partial charge in [0.25, 0.3) is 11.7 Å². The molecule has 0 aliphatic carbocycles. The highest BCUT2D eigenvalue weighted by molar-refractivity contribution is 7.99. The summed E-state index contributed by atoms with van der Waals surface area (Å²) in [6.45, 7) is 5.44. The highest BCUT2D eigenvalue weighted by Gasteiger charge is 2.20. The zero-order chi connectivity index (χ0) is 18.8. The molecule has 0 radical (unpaired) electrons. The maximum absolute atomic E-state index is 12.7. The van der Waals surface area contributed by atoms with Crippen molar-refractivity contribution in [2.75, 3.05) is 5.32 Å². The monoisotopic (exact) mass is 377 g/mol. The van der Waals surface area contributed by atoms with Gasteiger partial charge in [0.15, 0.2) is 5.82 Å². The number of nitrogens with zero attached hydrogens (tertiary/aromatic N) is 2. The average Bonchev–Trinajstić information content (AvgIpc) is 3.11. The van der Waals surface area contributed by atoms with Crippen LogP contribution in [0.15, 0.2) is 45.8 Å². The lowest BCUT2D eigenvalue weighted by atomic mass is 10.2. The number of carbonyl (C=O) groups is 1. The summed E-state index contributed by atoms with van der Waals surface area (Å²) in [6, 6.07) is 10.00. The van der Waals surface area contributed by atoms with Crippen molar-refractivity contribution < 1.29 is 18.1 Å². The van der Waals surface area contributed by atoms with Crippen LogP contribution in [-0.4, -0.2) is 21.4 Å². The Hall–Kier alpha value is -2.61. The van der Waals surface area contributed by atoms with Crippen molar-refractivity contribution >= 4 is 23.4 Å². The van der Waals surface area contributed by atoms with Crippen molar-refractivity contribution in [1.82, 2.24) is 9.72 Å². The van der Waals surface area contributed by atoms with Crippen molar-refractivity contribution in [3.63, 3.8) is 0 Å². The second-order valence-corrected chi connectivity index (χ2v) is 6.78. The maximum Gasteiger partial charge on any atom is 0.288 e. The molecule has 2 heterocycles. The molecule has 0 aliphatic heterocycles. The van der Waals surface area contributed by atoms with Crippen LogP contribution in [-0.2, 0) is 0 Å². The number of alkyl halides is 2. The molecule has 1 aromatic carbocycles. The predicted octanol–water partition coefficient (Wildman–Crippen LogP) is 4.96. The summed E-state index contributed by atoms with van der Waals surface area (Å²) in [7, 11) is 0. The van der Waals surface area contributed by atoms with Crippen LogP contribution in [0.2, 0.25) is 0 Å². The Labute approximate surface area is 153 Å². The number of carbonyl (C=O) groups excluding carboxylic acids is 1. The molecule has 0 aliphatic rings. The van der Waals surface area contributed by atoms with Gasteiger partial charge in [-0.3, -0.25) is 9.36 Å². The number of aryl methyl sites for hydroxylation is 2. The van der Waals surface area contributed by atoms with E-state index in [-0.39, 0.29) is 5.91 Å². The van der Waals surface area contributed by atoms with Crippen molar-refractivity contribution in [2.24, 2.45) is 0 Å². The van der Waals surface area contributed by atoms with E-state index >= 15 is 0 Å². The molecular formula is C18H17F2N3O2S. The largest absolute Gasteiger partial charge is 0.360 e. The van der Waals surface area contributed by atoms with Gasteiger partial charge >= 0.3 is 0 Å². The molecule has 5 nitrogen and oxygen atoms in total. The van der Waals surface area contributed by atoms with Gasteiger partial charge in [-0.2, -0.15) is 8.78 Å². The van der Waals surface area contributed by atoms with Crippen molar-refractivity contribution in [3.8, 4) is 5.82 Å². The van der Waals surface area contributed by atoms with E-state index in [0.717, 1.165) is 5.69 Å². The first-order chi connectivity index (χ1) is 12.4. The second-order valence-electron chi connectivity index (χ2n) is 5.74. The highest BCUT2D eigenvalue weighted by atomic mass is 32.2. The Bertz CT molecular complexity index is 950. The van der Waals surface area contributed by atoms with Gasteiger partial charge in [-0.05, 0) is 39.0 Å². The summed E-state index contributed by atoms with van der Waals surface area (Å²) in [5.74, 6) is -1.68. The molecule has 1 amide bonds. The number of aromatic nitrogens is 2. The summed E-state index contributed by atoms with van der Waals surface area (Å²) in [4.78, 5) is 13.0. The van der Waals surface area contributed by atoms with E-state index in [1.807, 2.05) is 11.5 Å². The molecule has 2 aromatic heterocycles. The Kier molecular flexibility index (Phi) is 5.13. The number of benzene rings is 1. The summed E-state index contributed by atoms with van der Waals surface area (Å²) in [5.41, 5.74) is 2.30. The number of halogens is 2. The number of hydrogen-bond acceptors (Lipinski definition) is 4. The van der Waals surface area contributed by atoms with Crippen molar-refractivity contribution in [3.05, 3.63) is 59.1 Å². The van der Waals surface area contributed by atoms with Crippen LogP contribution in [0.4, 0.5) is 14.5 Å². The fraction of sp³-hybridized carbons (Fsp3) is 0.222. The van der Waals surface area contributed by atoms with E-state index in [9.17, 15) is 13.6 Å². The van der Waals surface area contributed by atoms with Crippen LogP contribution in [0.5, 0.6) is 0 Å². The van der Waals surface area contributed by atoms with Crippen LogP contribution in [0.25, 0.3) is 5.82 Å². The molecule has 0 unspecified atom stereocenters.